The van der Waals surface area contributed by atoms with Gasteiger partial charge in [0.2, 0.25) is 0 Å². The van der Waals surface area contributed by atoms with Crippen LogP contribution >= 0.6 is 0 Å². The molecule has 2 N–H and O–H groups in total. The first-order valence-electron chi connectivity index (χ1n) is 6.72. The Bertz CT molecular complexity index is 804. The number of phenols is 1. The molecule has 0 bridgehead atoms. The van der Waals surface area contributed by atoms with E-state index in [0.29, 0.717) is 16.7 Å². The van der Waals surface area contributed by atoms with E-state index < -0.39 is 10.0 Å². The van der Waals surface area contributed by atoms with E-state index in [1.54, 1.807) is 32.0 Å². The average molecular weight is 318 g/mol. The number of nitrogens with one attached hydrogen (secondary N) is 1. The van der Waals surface area contributed by atoms with E-state index in [1.807, 2.05) is 19.1 Å². The lowest BCUT2D eigenvalue weighted by atomic mass is 10.1. The van der Waals surface area contributed by atoms with E-state index >= 15 is 0 Å². The third-order valence-corrected chi connectivity index (χ3v) is 4.71. The zero-order chi connectivity index (χ0) is 16.3. The lowest BCUT2D eigenvalue weighted by Gasteiger charge is -2.11. The first-order chi connectivity index (χ1) is 10.3. The molecular weight excluding hydrogens is 300 g/mol. The van der Waals surface area contributed by atoms with Crippen LogP contribution in [0.2, 0.25) is 0 Å². The van der Waals surface area contributed by atoms with Gasteiger partial charge in [-0.05, 0) is 44.0 Å². The molecule has 0 atom stereocenters. The molecule has 0 aromatic heterocycles. The maximum absolute atomic E-state index is 12.4. The Labute approximate surface area is 130 Å². The van der Waals surface area contributed by atoms with Crippen molar-refractivity contribution in [2.45, 2.75) is 25.7 Å². The Morgan fingerprint density at radius 2 is 1.68 bits per heavy atom. The highest BCUT2D eigenvalue weighted by atomic mass is 32.2. The lowest BCUT2D eigenvalue weighted by Crippen LogP contribution is -2.20. The molecule has 0 amide bonds. The summed E-state index contributed by atoms with van der Waals surface area (Å²) in [6.07, 6.45) is 1.27. The second-order valence-electron chi connectivity index (χ2n) is 5.14. The van der Waals surface area contributed by atoms with Crippen molar-refractivity contribution in [1.29, 1.82) is 0 Å². The van der Waals surface area contributed by atoms with Gasteiger partial charge >= 0.3 is 0 Å². The molecule has 0 aliphatic carbocycles. The van der Waals surface area contributed by atoms with E-state index in [-0.39, 0.29) is 10.6 Å². The molecule has 0 unspecified atom stereocenters. The van der Waals surface area contributed by atoms with Gasteiger partial charge in [0.15, 0.2) is 0 Å². The van der Waals surface area contributed by atoms with Crippen molar-refractivity contribution >= 4 is 16.2 Å². The second-order valence-corrected chi connectivity index (χ2v) is 6.74. The molecular formula is C16H18N2O3S. The Morgan fingerprint density at radius 1 is 1.09 bits per heavy atom. The van der Waals surface area contributed by atoms with Crippen LogP contribution in [0, 0.1) is 20.8 Å². The number of hydrogen-bond acceptors (Lipinski definition) is 4. The minimum atomic E-state index is -3.75. The van der Waals surface area contributed by atoms with Gasteiger partial charge in [-0.25, -0.2) is 4.83 Å². The summed E-state index contributed by atoms with van der Waals surface area (Å²) < 4.78 is 24.7. The minimum absolute atomic E-state index is 0.0353. The number of nitrogens with zero attached hydrogens (tertiary/aromatic N) is 1. The van der Waals surface area contributed by atoms with Gasteiger partial charge in [-0.15, -0.1) is 0 Å². The summed E-state index contributed by atoms with van der Waals surface area (Å²) in [4.78, 5) is 2.41. The van der Waals surface area contributed by atoms with Crippen LogP contribution in [-0.4, -0.2) is 19.7 Å². The van der Waals surface area contributed by atoms with Crippen molar-refractivity contribution in [3.8, 4) is 5.75 Å². The normalized spacial score (nSPS) is 11.8. The van der Waals surface area contributed by atoms with Gasteiger partial charge in [0.1, 0.15) is 5.75 Å². The fraction of sp³-hybridized carbons (Fsp3) is 0.188. The molecule has 116 valence electrons. The summed E-state index contributed by atoms with van der Waals surface area (Å²) in [5, 5.41) is 13.3. The monoisotopic (exact) mass is 318 g/mol. The molecule has 22 heavy (non-hydrogen) atoms. The van der Waals surface area contributed by atoms with Crippen molar-refractivity contribution in [2.24, 2.45) is 5.10 Å². The summed E-state index contributed by atoms with van der Waals surface area (Å²) in [6.45, 7) is 5.42. The predicted octanol–water partition coefficient (Wildman–Crippen LogP) is 2.63. The maximum atomic E-state index is 12.4. The molecule has 6 heteroatoms. The molecule has 0 saturated carbocycles. The summed E-state index contributed by atoms with van der Waals surface area (Å²) in [7, 11) is -3.75. The summed E-state index contributed by atoms with van der Waals surface area (Å²) >= 11 is 0. The SMILES string of the molecule is Cc1cc(C)c(S(=O)(=O)NN=Cc2ccccc2O)c(C)c1. The van der Waals surface area contributed by atoms with E-state index in [9.17, 15) is 13.5 Å². The number of hydrogen-bond donors (Lipinski definition) is 2. The first kappa shape index (κ1) is 16.0. The fourth-order valence-corrected chi connectivity index (χ4v) is 3.65. The molecule has 0 radical (unpaired) electrons. The van der Waals surface area contributed by atoms with E-state index in [4.69, 9.17) is 0 Å². The van der Waals surface area contributed by atoms with Crippen molar-refractivity contribution in [2.75, 3.05) is 0 Å². The standard InChI is InChI=1S/C16H18N2O3S/c1-11-8-12(2)16(13(3)9-11)22(20,21)18-17-10-14-6-4-5-7-15(14)19/h4-10,18-19H,1-3H3. The molecule has 2 rings (SSSR count). The van der Waals surface area contributed by atoms with Crippen molar-refractivity contribution in [3.05, 3.63) is 58.7 Å². The molecule has 5 nitrogen and oxygen atoms in total. The van der Waals surface area contributed by atoms with Gasteiger partial charge < -0.3 is 5.11 Å². The zero-order valence-electron chi connectivity index (χ0n) is 12.7. The lowest BCUT2D eigenvalue weighted by molar-refractivity contribution is 0.474. The van der Waals surface area contributed by atoms with Crippen molar-refractivity contribution in [3.63, 3.8) is 0 Å². The van der Waals surface area contributed by atoms with Gasteiger partial charge in [-0.1, -0.05) is 29.8 Å². The number of para-hydroxylation sites is 1. The molecule has 0 spiro atoms. The molecule has 0 heterocycles. The highest BCUT2D eigenvalue weighted by Crippen LogP contribution is 2.21. The van der Waals surface area contributed by atoms with Gasteiger partial charge in [-0.3, -0.25) is 0 Å². The van der Waals surface area contributed by atoms with Crippen LogP contribution in [-0.2, 0) is 10.0 Å². The molecule has 0 fully saturated rings. The number of sulfonamides is 1. The van der Waals surface area contributed by atoms with Crippen LogP contribution in [0.4, 0.5) is 0 Å². The zero-order valence-corrected chi connectivity index (χ0v) is 13.5. The van der Waals surface area contributed by atoms with Crippen LogP contribution in [0.25, 0.3) is 0 Å². The van der Waals surface area contributed by atoms with E-state index in [0.717, 1.165) is 5.56 Å². The largest absolute Gasteiger partial charge is 0.507 e. The van der Waals surface area contributed by atoms with Crippen LogP contribution < -0.4 is 4.83 Å². The Balaban J connectivity index is 2.28. The Morgan fingerprint density at radius 3 is 2.27 bits per heavy atom. The second kappa shape index (κ2) is 6.19. The molecule has 2 aromatic carbocycles. The van der Waals surface area contributed by atoms with Crippen LogP contribution in [0.1, 0.15) is 22.3 Å². The van der Waals surface area contributed by atoms with E-state index in [2.05, 4.69) is 9.93 Å². The molecule has 0 aliphatic rings. The van der Waals surface area contributed by atoms with Crippen LogP contribution in [0.5, 0.6) is 5.75 Å². The number of aryl methyl sites for hydroxylation is 3. The quantitative estimate of drug-likeness (QED) is 0.672. The number of rotatable bonds is 4. The van der Waals surface area contributed by atoms with Crippen LogP contribution in [0.15, 0.2) is 46.4 Å². The topological polar surface area (TPSA) is 78.8 Å². The number of benzene rings is 2. The van der Waals surface area contributed by atoms with Gasteiger partial charge in [0.25, 0.3) is 10.0 Å². The van der Waals surface area contributed by atoms with Crippen molar-refractivity contribution in [1.82, 2.24) is 4.83 Å². The number of phenolic OH excluding ortho intramolecular Hbond substituents is 1. The summed E-state index contributed by atoms with van der Waals surface area (Å²) in [6, 6.07) is 10.2. The Kier molecular flexibility index (Phi) is 4.51. The van der Waals surface area contributed by atoms with Crippen LogP contribution in [0.3, 0.4) is 0 Å². The number of aromatic hydroxyl groups is 1. The van der Waals surface area contributed by atoms with Gasteiger partial charge in [0, 0.05) is 5.56 Å². The van der Waals surface area contributed by atoms with Gasteiger partial charge in [0.05, 0.1) is 11.1 Å². The molecule has 0 saturated heterocycles. The highest BCUT2D eigenvalue weighted by molar-refractivity contribution is 7.89. The minimum Gasteiger partial charge on any atom is -0.507 e. The van der Waals surface area contributed by atoms with E-state index in [1.165, 1.54) is 12.3 Å². The average Bonchev–Trinajstić information content (AvgIpc) is 2.39. The Hall–Kier alpha value is -2.34. The smallest absolute Gasteiger partial charge is 0.277 e. The first-order valence-corrected chi connectivity index (χ1v) is 8.20. The maximum Gasteiger partial charge on any atom is 0.277 e. The summed E-state index contributed by atoms with van der Waals surface area (Å²) in [5.41, 5.74) is 2.78. The predicted molar refractivity (Wildman–Crippen MR) is 86.7 cm³/mol. The third-order valence-electron chi connectivity index (χ3n) is 3.19. The molecule has 2 aromatic rings. The number of hydrazone groups is 1. The van der Waals surface area contributed by atoms with Gasteiger partial charge in [-0.2, -0.15) is 13.5 Å². The fourth-order valence-electron chi connectivity index (χ4n) is 2.40. The molecule has 0 aliphatic heterocycles. The summed E-state index contributed by atoms with van der Waals surface area (Å²) in [5.74, 6) is 0.0353. The highest BCUT2D eigenvalue weighted by Gasteiger charge is 2.19. The van der Waals surface area contributed by atoms with Crippen molar-refractivity contribution < 1.29 is 13.5 Å². The third kappa shape index (κ3) is 3.46.